The van der Waals surface area contributed by atoms with E-state index in [4.69, 9.17) is 23.8 Å². The van der Waals surface area contributed by atoms with Crippen molar-refractivity contribution in [1.29, 1.82) is 0 Å². The van der Waals surface area contributed by atoms with Crippen LogP contribution < -0.4 is 0 Å². The van der Waals surface area contributed by atoms with Crippen molar-refractivity contribution in [2.24, 2.45) is 7.05 Å². The number of benzene rings is 1. The fraction of sp³-hybridized carbons (Fsp3) is 0.111. The molecule has 0 fully saturated rings. The molecular weight excluding hydrogens is 298 g/mol. The Kier molecular flexibility index (Phi) is 2.95. The minimum atomic E-state index is 0.587. The highest BCUT2D eigenvalue weighted by molar-refractivity contribution is 9.10. The normalized spacial score (nSPS) is 10.6. The van der Waals surface area contributed by atoms with Crippen LogP contribution in [0.3, 0.4) is 0 Å². The van der Waals surface area contributed by atoms with Crippen LogP contribution in [-0.2, 0) is 7.05 Å². The molecule has 2 rings (SSSR count). The van der Waals surface area contributed by atoms with Gasteiger partial charge in [-0.2, -0.15) is 5.10 Å². The van der Waals surface area contributed by atoms with Crippen LogP contribution >= 0.6 is 39.7 Å². The number of aromatic amines is 1. The molecule has 0 unspecified atom stereocenters. The SMILES string of the molecule is Cn1c(-c2ccc(Br)c(Cl)c2)n[nH]c1=S. The molecule has 0 bridgehead atoms. The lowest BCUT2D eigenvalue weighted by atomic mass is 10.2. The Balaban J connectivity index is 2.59. The molecule has 1 heterocycles. The summed E-state index contributed by atoms with van der Waals surface area (Å²) in [6, 6.07) is 5.66. The quantitative estimate of drug-likeness (QED) is 0.817. The molecule has 1 aromatic heterocycles. The van der Waals surface area contributed by atoms with Gasteiger partial charge < -0.3 is 4.57 Å². The molecule has 2 aromatic rings. The van der Waals surface area contributed by atoms with Crippen LogP contribution in [0.4, 0.5) is 0 Å². The van der Waals surface area contributed by atoms with Crippen LogP contribution in [0.5, 0.6) is 0 Å². The molecule has 6 heteroatoms. The summed E-state index contributed by atoms with van der Waals surface area (Å²) in [5.41, 5.74) is 0.929. The van der Waals surface area contributed by atoms with Crippen molar-refractivity contribution in [2.45, 2.75) is 0 Å². The number of hydrogen-bond donors (Lipinski definition) is 1. The number of hydrogen-bond acceptors (Lipinski definition) is 2. The van der Waals surface area contributed by atoms with Crippen LogP contribution in [-0.4, -0.2) is 14.8 Å². The molecule has 3 nitrogen and oxygen atoms in total. The van der Waals surface area contributed by atoms with Crippen molar-refractivity contribution in [1.82, 2.24) is 14.8 Å². The van der Waals surface area contributed by atoms with Crippen molar-refractivity contribution in [2.75, 3.05) is 0 Å². The third-order valence-corrected chi connectivity index (χ3v) is 3.66. The largest absolute Gasteiger partial charge is 0.303 e. The lowest BCUT2D eigenvalue weighted by Gasteiger charge is -2.02. The van der Waals surface area contributed by atoms with E-state index in [1.54, 1.807) is 4.57 Å². The maximum absolute atomic E-state index is 6.00. The molecule has 0 saturated carbocycles. The number of aromatic nitrogens is 3. The third kappa shape index (κ3) is 2.00. The van der Waals surface area contributed by atoms with E-state index >= 15 is 0 Å². The van der Waals surface area contributed by atoms with Gasteiger partial charge in [-0.15, -0.1) is 0 Å². The molecule has 0 atom stereocenters. The van der Waals surface area contributed by atoms with Crippen LogP contribution in [0.1, 0.15) is 0 Å². The highest BCUT2D eigenvalue weighted by Gasteiger charge is 2.07. The number of nitrogens with zero attached hydrogens (tertiary/aromatic N) is 2. The molecule has 78 valence electrons. The summed E-state index contributed by atoms with van der Waals surface area (Å²) < 4.78 is 3.25. The fourth-order valence-corrected chi connectivity index (χ4v) is 1.80. The van der Waals surface area contributed by atoms with E-state index in [9.17, 15) is 0 Å². The van der Waals surface area contributed by atoms with Crippen molar-refractivity contribution >= 4 is 39.7 Å². The zero-order valence-electron chi connectivity index (χ0n) is 7.79. The Morgan fingerprint density at radius 2 is 2.27 bits per heavy atom. The molecule has 0 spiro atoms. The molecule has 0 aliphatic heterocycles. The molecule has 0 amide bonds. The third-order valence-electron chi connectivity index (χ3n) is 2.06. The van der Waals surface area contributed by atoms with Crippen molar-refractivity contribution in [3.63, 3.8) is 0 Å². The van der Waals surface area contributed by atoms with E-state index in [0.29, 0.717) is 9.79 Å². The predicted octanol–water partition coefficient (Wildman–Crippen LogP) is 3.56. The van der Waals surface area contributed by atoms with E-state index in [1.165, 1.54) is 0 Å². The second-order valence-electron chi connectivity index (χ2n) is 3.04. The van der Waals surface area contributed by atoms with Crippen LogP contribution in [0, 0.1) is 4.77 Å². The smallest absolute Gasteiger partial charge is 0.195 e. The first kappa shape index (κ1) is 10.9. The van der Waals surface area contributed by atoms with Gasteiger partial charge in [0, 0.05) is 17.1 Å². The van der Waals surface area contributed by atoms with Gasteiger partial charge in [-0.05, 0) is 46.3 Å². The van der Waals surface area contributed by atoms with Gasteiger partial charge in [0.2, 0.25) is 0 Å². The minimum absolute atomic E-state index is 0.587. The number of halogens is 2. The molecule has 0 radical (unpaired) electrons. The van der Waals surface area contributed by atoms with Gasteiger partial charge in [-0.25, -0.2) is 0 Å². The molecular formula is C9H7BrClN3S. The van der Waals surface area contributed by atoms with Crippen LogP contribution in [0.2, 0.25) is 5.02 Å². The van der Waals surface area contributed by atoms with Gasteiger partial charge in [0.1, 0.15) is 0 Å². The lowest BCUT2D eigenvalue weighted by Crippen LogP contribution is -1.92. The maximum atomic E-state index is 6.00. The fourth-order valence-electron chi connectivity index (χ4n) is 1.24. The average molecular weight is 305 g/mol. The molecule has 1 N–H and O–H groups in total. The Morgan fingerprint density at radius 1 is 1.53 bits per heavy atom. The van der Waals surface area contributed by atoms with Gasteiger partial charge in [-0.1, -0.05) is 11.6 Å². The topological polar surface area (TPSA) is 33.6 Å². The Bertz CT molecular complexity index is 561. The molecule has 15 heavy (non-hydrogen) atoms. The lowest BCUT2D eigenvalue weighted by molar-refractivity contribution is 0.902. The first-order valence-electron chi connectivity index (χ1n) is 4.16. The zero-order valence-corrected chi connectivity index (χ0v) is 10.9. The predicted molar refractivity (Wildman–Crippen MR) is 66.5 cm³/mol. The second-order valence-corrected chi connectivity index (χ2v) is 4.69. The summed E-state index contributed by atoms with van der Waals surface area (Å²) in [7, 11) is 1.86. The molecule has 0 aliphatic carbocycles. The molecule has 0 saturated heterocycles. The Morgan fingerprint density at radius 3 is 2.80 bits per heavy atom. The Hall–Kier alpha value is -0.650. The maximum Gasteiger partial charge on any atom is 0.195 e. The summed E-state index contributed by atoms with van der Waals surface area (Å²) >= 11 is 14.4. The summed E-state index contributed by atoms with van der Waals surface area (Å²) in [5, 5.41) is 7.51. The van der Waals surface area contributed by atoms with E-state index in [-0.39, 0.29) is 0 Å². The van der Waals surface area contributed by atoms with E-state index < -0.39 is 0 Å². The van der Waals surface area contributed by atoms with Gasteiger partial charge in [-0.3, -0.25) is 5.10 Å². The highest BCUT2D eigenvalue weighted by Crippen LogP contribution is 2.27. The van der Waals surface area contributed by atoms with Crippen molar-refractivity contribution < 1.29 is 0 Å². The monoisotopic (exact) mass is 303 g/mol. The molecule has 1 aromatic carbocycles. The number of nitrogens with one attached hydrogen (secondary N) is 1. The first-order valence-corrected chi connectivity index (χ1v) is 5.74. The van der Waals surface area contributed by atoms with E-state index in [1.807, 2.05) is 25.2 Å². The standard InChI is InChI=1S/C9H7BrClN3S/c1-14-8(12-13-9(14)15)5-2-3-6(10)7(11)4-5/h2-4H,1H3,(H,13,15). The Labute approximate surface area is 105 Å². The minimum Gasteiger partial charge on any atom is -0.303 e. The zero-order chi connectivity index (χ0) is 11.0. The number of rotatable bonds is 1. The van der Waals surface area contributed by atoms with Crippen molar-refractivity contribution in [3.8, 4) is 11.4 Å². The number of H-pyrrole nitrogens is 1. The van der Waals surface area contributed by atoms with Gasteiger partial charge in [0.05, 0.1) is 5.02 Å². The van der Waals surface area contributed by atoms with Gasteiger partial charge in [0.25, 0.3) is 0 Å². The van der Waals surface area contributed by atoms with Gasteiger partial charge >= 0.3 is 0 Å². The van der Waals surface area contributed by atoms with Crippen LogP contribution in [0.15, 0.2) is 22.7 Å². The van der Waals surface area contributed by atoms with Crippen LogP contribution in [0.25, 0.3) is 11.4 Å². The van der Waals surface area contributed by atoms with E-state index in [2.05, 4.69) is 26.1 Å². The summed E-state index contributed by atoms with van der Waals surface area (Å²) in [5.74, 6) is 0.773. The summed E-state index contributed by atoms with van der Waals surface area (Å²) in [6.45, 7) is 0. The second kappa shape index (κ2) is 4.08. The van der Waals surface area contributed by atoms with E-state index in [0.717, 1.165) is 15.9 Å². The summed E-state index contributed by atoms with van der Waals surface area (Å²) in [6.07, 6.45) is 0. The molecule has 0 aliphatic rings. The average Bonchev–Trinajstić information content (AvgIpc) is 2.53. The first-order chi connectivity index (χ1) is 7.09. The highest BCUT2D eigenvalue weighted by atomic mass is 79.9. The van der Waals surface area contributed by atoms with Gasteiger partial charge in [0.15, 0.2) is 10.6 Å². The van der Waals surface area contributed by atoms with Crippen molar-refractivity contribution in [3.05, 3.63) is 32.5 Å². The summed E-state index contributed by atoms with van der Waals surface area (Å²) in [4.78, 5) is 0.